The van der Waals surface area contributed by atoms with Gasteiger partial charge in [0.2, 0.25) is 0 Å². The summed E-state index contributed by atoms with van der Waals surface area (Å²) in [6.45, 7) is 4.12. The third-order valence-electron chi connectivity index (χ3n) is 4.81. The highest BCUT2D eigenvalue weighted by molar-refractivity contribution is 5.55. The summed E-state index contributed by atoms with van der Waals surface area (Å²) in [4.78, 5) is 2.44. The molecule has 2 aromatic rings. The summed E-state index contributed by atoms with van der Waals surface area (Å²) >= 11 is 0. The van der Waals surface area contributed by atoms with Crippen LogP contribution in [0.15, 0.2) is 30.5 Å². The molecule has 0 amide bonds. The molecule has 1 saturated carbocycles. The topological polar surface area (TPSA) is 53.3 Å². The molecule has 4 rings (SSSR count). The third-order valence-corrected chi connectivity index (χ3v) is 4.81. The fourth-order valence-corrected chi connectivity index (χ4v) is 3.39. The highest BCUT2D eigenvalue weighted by Gasteiger charge is 2.29. The van der Waals surface area contributed by atoms with Crippen LogP contribution in [0.2, 0.25) is 0 Å². The molecule has 0 spiro atoms. The summed E-state index contributed by atoms with van der Waals surface area (Å²) in [7, 11) is 0. The zero-order chi connectivity index (χ0) is 14.9. The van der Waals surface area contributed by atoms with E-state index in [2.05, 4.69) is 15.3 Å². The number of piperazine rings is 1. The van der Waals surface area contributed by atoms with E-state index in [1.165, 1.54) is 30.6 Å². The number of benzene rings is 1. The van der Waals surface area contributed by atoms with Crippen LogP contribution >= 0.6 is 0 Å². The zero-order valence-corrected chi connectivity index (χ0v) is 12.7. The van der Waals surface area contributed by atoms with Gasteiger partial charge in [0.15, 0.2) is 0 Å². The fraction of sp³-hybridized carbons (Fsp3) is 0.471. The maximum atomic E-state index is 9.77. The highest BCUT2D eigenvalue weighted by atomic mass is 16.3. The maximum absolute atomic E-state index is 9.77. The first-order valence-corrected chi connectivity index (χ1v) is 8.16. The second-order valence-corrected chi connectivity index (χ2v) is 6.21. The van der Waals surface area contributed by atoms with Crippen molar-refractivity contribution in [2.24, 2.45) is 0 Å². The van der Waals surface area contributed by atoms with E-state index in [1.807, 2.05) is 23.0 Å². The standard InChI is InChI=1S/C17H22N4O/c22-15-6-2-5-14(11-15)21-17(13-3-1-4-13)16(12-19-21)20-9-7-18-8-10-20/h2,5-6,11-13,18,22H,1,3-4,7-10H2. The van der Waals surface area contributed by atoms with Crippen molar-refractivity contribution in [1.29, 1.82) is 0 Å². The van der Waals surface area contributed by atoms with Crippen molar-refractivity contribution in [3.8, 4) is 11.4 Å². The molecule has 1 aromatic carbocycles. The number of phenols is 1. The lowest BCUT2D eigenvalue weighted by atomic mass is 9.82. The SMILES string of the molecule is Oc1cccc(-n2ncc(N3CCNCC3)c2C2CCC2)c1. The Morgan fingerprint density at radius 2 is 2.00 bits per heavy atom. The van der Waals surface area contributed by atoms with E-state index in [0.717, 1.165) is 31.9 Å². The maximum Gasteiger partial charge on any atom is 0.117 e. The summed E-state index contributed by atoms with van der Waals surface area (Å²) in [6.07, 6.45) is 5.78. The minimum absolute atomic E-state index is 0.288. The van der Waals surface area contributed by atoms with Crippen LogP contribution < -0.4 is 10.2 Å². The van der Waals surface area contributed by atoms with Gasteiger partial charge in [-0.2, -0.15) is 5.10 Å². The van der Waals surface area contributed by atoms with Gasteiger partial charge in [0, 0.05) is 38.2 Å². The van der Waals surface area contributed by atoms with Crippen LogP contribution in [0.25, 0.3) is 5.69 Å². The zero-order valence-electron chi connectivity index (χ0n) is 12.7. The molecule has 5 heteroatoms. The van der Waals surface area contributed by atoms with Gasteiger partial charge >= 0.3 is 0 Å². The first-order valence-electron chi connectivity index (χ1n) is 8.16. The molecule has 0 atom stereocenters. The Morgan fingerprint density at radius 1 is 1.18 bits per heavy atom. The molecule has 22 heavy (non-hydrogen) atoms. The molecule has 1 aliphatic heterocycles. The number of phenolic OH excluding ortho intramolecular Hbond substituents is 1. The Morgan fingerprint density at radius 3 is 2.68 bits per heavy atom. The molecule has 0 unspecified atom stereocenters. The van der Waals surface area contributed by atoms with E-state index in [-0.39, 0.29) is 5.75 Å². The second kappa shape index (κ2) is 5.65. The van der Waals surface area contributed by atoms with Crippen LogP contribution in [0, 0.1) is 0 Å². The molecule has 1 saturated heterocycles. The van der Waals surface area contributed by atoms with Gasteiger partial charge in [0.1, 0.15) is 5.75 Å². The minimum Gasteiger partial charge on any atom is -0.508 e. The quantitative estimate of drug-likeness (QED) is 0.912. The average Bonchev–Trinajstić information content (AvgIpc) is 2.91. The van der Waals surface area contributed by atoms with Crippen molar-refractivity contribution in [2.45, 2.75) is 25.2 Å². The summed E-state index contributed by atoms with van der Waals surface area (Å²) in [5, 5.41) is 17.8. The van der Waals surface area contributed by atoms with Gasteiger partial charge in [0.25, 0.3) is 0 Å². The van der Waals surface area contributed by atoms with Crippen LogP contribution in [0.1, 0.15) is 30.9 Å². The Kier molecular flexibility index (Phi) is 3.50. The first-order chi connectivity index (χ1) is 10.8. The van der Waals surface area contributed by atoms with Crippen molar-refractivity contribution in [1.82, 2.24) is 15.1 Å². The van der Waals surface area contributed by atoms with E-state index in [1.54, 1.807) is 12.1 Å². The number of aromatic nitrogens is 2. The van der Waals surface area contributed by atoms with Gasteiger partial charge in [-0.05, 0) is 25.0 Å². The van der Waals surface area contributed by atoms with Gasteiger partial charge < -0.3 is 15.3 Å². The van der Waals surface area contributed by atoms with E-state index < -0.39 is 0 Å². The summed E-state index contributed by atoms with van der Waals surface area (Å²) in [5.41, 5.74) is 3.54. The van der Waals surface area contributed by atoms with Gasteiger partial charge in [0.05, 0.1) is 23.3 Å². The number of nitrogens with one attached hydrogen (secondary N) is 1. The summed E-state index contributed by atoms with van der Waals surface area (Å²) in [5.74, 6) is 0.881. The Hall–Kier alpha value is -2.01. The number of nitrogens with zero attached hydrogens (tertiary/aromatic N) is 3. The molecular weight excluding hydrogens is 276 g/mol. The van der Waals surface area contributed by atoms with Gasteiger partial charge in [-0.25, -0.2) is 4.68 Å². The van der Waals surface area contributed by atoms with Gasteiger partial charge in [-0.3, -0.25) is 0 Å². The van der Waals surface area contributed by atoms with Crippen molar-refractivity contribution < 1.29 is 5.11 Å². The molecule has 5 nitrogen and oxygen atoms in total. The Balaban J connectivity index is 1.76. The second-order valence-electron chi connectivity index (χ2n) is 6.21. The monoisotopic (exact) mass is 298 g/mol. The van der Waals surface area contributed by atoms with Crippen molar-refractivity contribution in [2.75, 3.05) is 31.1 Å². The molecule has 1 aliphatic carbocycles. The van der Waals surface area contributed by atoms with E-state index in [0.29, 0.717) is 5.92 Å². The smallest absolute Gasteiger partial charge is 0.117 e. The van der Waals surface area contributed by atoms with Crippen LogP contribution in [0.3, 0.4) is 0 Å². The van der Waals surface area contributed by atoms with E-state index >= 15 is 0 Å². The molecule has 2 aliphatic rings. The molecular formula is C17H22N4O. The van der Waals surface area contributed by atoms with Crippen LogP contribution in [-0.4, -0.2) is 41.1 Å². The van der Waals surface area contributed by atoms with Crippen molar-refractivity contribution >= 4 is 5.69 Å². The lowest BCUT2D eigenvalue weighted by Crippen LogP contribution is -2.44. The van der Waals surface area contributed by atoms with Crippen LogP contribution in [-0.2, 0) is 0 Å². The number of anilines is 1. The van der Waals surface area contributed by atoms with Gasteiger partial charge in [-0.1, -0.05) is 12.5 Å². The minimum atomic E-state index is 0.288. The first kappa shape index (κ1) is 13.6. The van der Waals surface area contributed by atoms with E-state index in [4.69, 9.17) is 0 Å². The molecule has 2 fully saturated rings. The molecule has 2 heterocycles. The molecule has 1 aromatic heterocycles. The lowest BCUT2D eigenvalue weighted by Gasteiger charge is -2.33. The number of aromatic hydroxyl groups is 1. The fourth-order valence-electron chi connectivity index (χ4n) is 3.39. The predicted octanol–water partition coefficient (Wildman–Crippen LogP) is 2.25. The average molecular weight is 298 g/mol. The third kappa shape index (κ3) is 2.35. The highest BCUT2D eigenvalue weighted by Crippen LogP contribution is 2.42. The van der Waals surface area contributed by atoms with Crippen LogP contribution in [0.4, 0.5) is 5.69 Å². The number of hydrogen-bond acceptors (Lipinski definition) is 4. The predicted molar refractivity (Wildman–Crippen MR) is 86.9 cm³/mol. The van der Waals surface area contributed by atoms with E-state index in [9.17, 15) is 5.11 Å². The molecule has 0 bridgehead atoms. The molecule has 0 radical (unpaired) electrons. The number of rotatable bonds is 3. The molecule has 116 valence electrons. The Bertz CT molecular complexity index is 656. The van der Waals surface area contributed by atoms with Crippen molar-refractivity contribution in [3.63, 3.8) is 0 Å². The lowest BCUT2D eigenvalue weighted by molar-refractivity contribution is 0.402. The largest absolute Gasteiger partial charge is 0.508 e. The normalized spacial score (nSPS) is 19.2. The van der Waals surface area contributed by atoms with Gasteiger partial charge in [-0.15, -0.1) is 0 Å². The summed E-state index contributed by atoms with van der Waals surface area (Å²) < 4.78 is 2.03. The van der Waals surface area contributed by atoms with Crippen LogP contribution in [0.5, 0.6) is 5.75 Å². The Labute approximate surface area is 130 Å². The molecule has 2 N–H and O–H groups in total. The number of hydrogen-bond donors (Lipinski definition) is 2. The van der Waals surface area contributed by atoms with Crippen molar-refractivity contribution in [3.05, 3.63) is 36.2 Å². The summed E-state index contributed by atoms with van der Waals surface area (Å²) in [6, 6.07) is 7.38.